The van der Waals surface area contributed by atoms with Gasteiger partial charge in [-0.3, -0.25) is 0 Å². The lowest BCUT2D eigenvalue weighted by Crippen LogP contribution is -2.48. The van der Waals surface area contributed by atoms with Crippen molar-refractivity contribution in [2.24, 2.45) is 5.73 Å². The predicted octanol–water partition coefficient (Wildman–Crippen LogP) is 5.53. The van der Waals surface area contributed by atoms with Crippen LogP contribution in [0.2, 0.25) is 0 Å². The quantitative estimate of drug-likeness (QED) is 0.366. The molecule has 2 aromatic heterocycles. The summed E-state index contributed by atoms with van der Waals surface area (Å²) in [5, 5.41) is 3.18. The first-order valence-corrected chi connectivity index (χ1v) is 13.6. The second-order valence-corrected chi connectivity index (χ2v) is 10.9. The highest BCUT2D eigenvalue weighted by molar-refractivity contribution is 5.83. The topological polar surface area (TPSA) is 109 Å². The Morgan fingerprint density at radius 1 is 1.02 bits per heavy atom. The third-order valence-corrected chi connectivity index (χ3v) is 7.69. The van der Waals surface area contributed by atoms with Crippen LogP contribution < -0.4 is 26.6 Å². The van der Waals surface area contributed by atoms with Gasteiger partial charge in [0.1, 0.15) is 5.69 Å². The molecule has 0 atom stereocenters. The van der Waals surface area contributed by atoms with Crippen molar-refractivity contribution in [1.82, 2.24) is 15.0 Å². The number of halogens is 3. The summed E-state index contributed by atoms with van der Waals surface area (Å²) in [5.74, 6) is 0.596. The third-order valence-electron chi connectivity index (χ3n) is 7.69. The summed E-state index contributed by atoms with van der Waals surface area (Å²) in [5.41, 5.74) is 13.5. The van der Waals surface area contributed by atoms with Crippen LogP contribution in [0, 0.1) is 0 Å². The van der Waals surface area contributed by atoms with Crippen molar-refractivity contribution >= 4 is 28.7 Å². The lowest BCUT2D eigenvalue weighted by Gasteiger charge is -2.38. The van der Waals surface area contributed by atoms with Crippen molar-refractivity contribution in [2.45, 2.75) is 50.7 Å². The number of piperidine rings is 2. The van der Waals surface area contributed by atoms with Gasteiger partial charge in [-0.25, -0.2) is 15.0 Å². The first kappa shape index (κ1) is 27.7. The largest absolute Gasteiger partial charge is 0.417 e. The van der Waals surface area contributed by atoms with Crippen LogP contribution in [-0.2, 0) is 6.18 Å². The lowest BCUT2D eigenvalue weighted by atomic mass is 9.91. The van der Waals surface area contributed by atoms with E-state index in [1.807, 2.05) is 12.1 Å². The zero-order valence-electron chi connectivity index (χ0n) is 22.6. The molecule has 212 valence electrons. The van der Waals surface area contributed by atoms with E-state index in [9.17, 15) is 13.2 Å². The van der Waals surface area contributed by atoms with Crippen molar-refractivity contribution in [3.63, 3.8) is 0 Å². The summed E-state index contributed by atoms with van der Waals surface area (Å²) in [4.78, 5) is 17.5. The van der Waals surface area contributed by atoms with E-state index in [1.54, 1.807) is 12.3 Å². The maximum absolute atomic E-state index is 14.1. The van der Waals surface area contributed by atoms with Gasteiger partial charge in [0.2, 0.25) is 0 Å². The van der Waals surface area contributed by atoms with Crippen LogP contribution in [-0.4, -0.2) is 46.7 Å². The number of alkyl halides is 3. The van der Waals surface area contributed by atoms with Crippen molar-refractivity contribution in [3.8, 4) is 11.3 Å². The highest BCUT2D eigenvalue weighted by Crippen LogP contribution is 2.39. The van der Waals surface area contributed by atoms with Gasteiger partial charge in [0.05, 0.1) is 28.8 Å². The Hall–Kier alpha value is -3.86. The zero-order valence-corrected chi connectivity index (χ0v) is 22.6. The van der Waals surface area contributed by atoms with E-state index in [2.05, 4.69) is 43.6 Å². The van der Waals surface area contributed by atoms with E-state index < -0.39 is 11.7 Å². The maximum Gasteiger partial charge on any atom is 0.417 e. The van der Waals surface area contributed by atoms with Gasteiger partial charge in [-0.2, -0.15) is 13.2 Å². The molecule has 3 aromatic rings. The summed E-state index contributed by atoms with van der Waals surface area (Å²) in [6.45, 7) is 9.28. The minimum absolute atomic E-state index is 0.0474. The van der Waals surface area contributed by atoms with Gasteiger partial charge in [-0.1, -0.05) is 6.58 Å². The average molecular weight is 553 g/mol. The molecule has 40 heavy (non-hydrogen) atoms. The molecule has 0 bridgehead atoms. The predicted molar refractivity (Wildman–Crippen MR) is 154 cm³/mol. The van der Waals surface area contributed by atoms with Crippen LogP contribution in [0.25, 0.3) is 17.0 Å². The van der Waals surface area contributed by atoms with E-state index in [0.29, 0.717) is 5.82 Å². The molecule has 2 saturated heterocycles. The number of hydrogen-bond acceptors (Lipinski definition) is 8. The average Bonchev–Trinajstić information content (AvgIpc) is 2.93. The molecule has 0 aliphatic carbocycles. The van der Waals surface area contributed by atoms with Crippen molar-refractivity contribution in [3.05, 3.63) is 60.6 Å². The molecule has 0 radical (unpaired) electrons. The van der Waals surface area contributed by atoms with Gasteiger partial charge in [-0.15, -0.1) is 0 Å². The lowest BCUT2D eigenvalue weighted by molar-refractivity contribution is -0.137. The van der Waals surface area contributed by atoms with Crippen LogP contribution in [0.4, 0.5) is 36.2 Å². The summed E-state index contributed by atoms with van der Waals surface area (Å²) in [6, 6.07) is 8.00. The number of nitrogens with zero attached hydrogens (tertiary/aromatic N) is 5. The monoisotopic (exact) mass is 552 g/mol. The number of aromatic nitrogens is 3. The summed E-state index contributed by atoms with van der Waals surface area (Å²) < 4.78 is 42.2. The molecule has 2 aliphatic rings. The van der Waals surface area contributed by atoms with Crippen LogP contribution in [0.5, 0.6) is 0 Å². The summed E-state index contributed by atoms with van der Waals surface area (Å²) in [6.07, 6.45) is 3.17. The molecule has 1 aromatic carbocycles. The van der Waals surface area contributed by atoms with Crippen LogP contribution in [0.15, 0.2) is 49.3 Å². The number of nitrogens with two attached hydrogens (primary N) is 2. The molecule has 0 amide bonds. The molecular formula is C29H35F3N8. The number of nitrogens with one attached hydrogen (secondary N) is 1. The van der Waals surface area contributed by atoms with Crippen molar-refractivity contribution in [1.29, 1.82) is 0 Å². The standard InChI is InChI=1S/C29H35F3N8/c1-19(37-27-24(7-6-12-35-27)40-15-10-28(2,34)11-16-40)25-26(33)36-18-23(38-25)21-17-20(39-13-4-3-5-14-39)8-9-22(21)29(30,31)32/h6-9,12,17-18H,1,3-5,10-11,13-16,34H2,2H3,(H2,33,36)(H,35,37). The molecule has 2 fully saturated rings. The molecule has 5 N–H and O–H groups in total. The number of nitrogen functional groups attached to an aromatic ring is 1. The number of anilines is 4. The molecular weight excluding hydrogens is 517 g/mol. The smallest absolute Gasteiger partial charge is 0.382 e. The Kier molecular flexibility index (Phi) is 7.59. The molecule has 4 heterocycles. The number of pyridine rings is 1. The second-order valence-electron chi connectivity index (χ2n) is 10.9. The Labute approximate surface area is 232 Å². The minimum atomic E-state index is -4.56. The van der Waals surface area contributed by atoms with Gasteiger partial charge in [0, 0.05) is 49.2 Å². The molecule has 0 spiro atoms. The molecule has 2 aliphatic heterocycles. The second kappa shape index (κ2) is 11.0. The van der Waals surface area contributed by atoms with Gasteiger partial charge < -0.3 is 26.6 Å². The Morgan fingerprint density at radius 2 is 1.75 bits per heavy atom. The van der Waals surface area contributed by atoms with Gasteiger partial charge in [-0.05, 0) is 69.4 Å². The van der Waals surface area contributed by atoms with Crippen LogP contribution in [0.1, 0.15) is 50.3 Å². The van der Waals surface area contributed by atoms with E-state index in [4.69, 9.17) is 11.5 Å². The first-order chi connectivity index (χ1) is 19.0. The summed E-state index contributed by atoms with van der Waals surface area (Å²) >= 11 is 0. The molecule has 11 heteroatoms. The van der Waals surface area contributed by atoms with Crippen LogP contribution >= 0.6 is 0 Å². The van der Waals surface area contributed by atoms with E-state index >= 15 is 0 Å². The maximum atomic E-state index is 14.1. The van der Waals surface area contributed by atoms with E-state index in [1.165, 1.54) is 12.3 Å². The van der Waals surface area contributed by atoms with E-state index in [0.717, 1.165) is 75.7 Å². The normalized spacial score (nSPS) is 17.5. The molecule has 8 nitrogen and oxygen atoms in total. The fourth-order valence-electron chi connectivity index (χ4n) is 5.30. The Morgan fingerprint density at radius 3 is 2.45 bits per heavy atom. The van der Waals surface area contributed by atoms with Crippen LogP contribution in [0.3, 0.4) is 0 Å². The SMILES string of the molecule is C=C(Nc1ncccc1N1CCC(C)(N)CC1)c1nc(-c2cc(N3CCCCC3)ccc2C(F)(F)F)cnc1N. The first-order valence-electron chi connectivity index (χ1n) is 13.6. The van der Waals surface area contributed by atoms with Crippen molar-refractivity contribution < 1.29 is 13.2 Å². The Balaban J connectivity index is 1.46. The minimum Gasteiger partial charge on any atom is -0.382 e. The van der Waals surface area contributed by atoms with Crippen molar-refractivity contribution in [2.75, 3.05) is 47.0 Å². The molecule has 5 rings (SSSR count). The highest BCUT2D eigenvalue weighted by Gasteiger charge is 2.35. The fourth-order valence-corrected chi connectivity index (χ4v) is 5.30. The highest BCUT2D eigenvalue weighted by atomic mass is 19.4. The fraction of sp³-hybridized carbons (Fsp3) is 0.414. The number of rotatable bonds is 6. The number of hydrogen-bond donors (Lipinski definition) is 3. The zero-order chi connectivity index (χ0) is 28.5. The van der Waals surface area contributed by atoms with E-state index in [-0.39, 0.29) is 34.0 Å². The third kappa shape index (κ3) is 5.99. The van der Waals surface area contributed by atoms with Gasteiger partial charge >= 0.3 is 6.18 Å². The molecule has 0 unspecified atom stereocenters. The van der Waals surface area contributed by atoms with Gasteiger partial charge in [0.25, 0.3) is 0 Å². The van der Waals surface area contributed by atoms with Gasteiger partial charge in [0.15, 0.2) is 11.6 Å². The number of benzene rings is 1. The Bertz CT molecular complexity index is 1370. The molecule has 0 saturated carbocycles. The summed E-state index contributed by atoms with van der Waals surface area (Å²) in [7, 11) is 0.